The highest BCUT2D eigenvalue weighted by Gasteiger charge is 2.16. The normalized spacial score (nSPS) is 10.1. The van der Waals surface area contributed by atoms with Gasteiger partial charge in [0.15, 0.2) is 0 Å². The van der Waals surface area contributed by atoms with Gasteiger partial charge in [-0.05, 0) is 18.6 Å². The van der Waals surface area contributed by atoms with Crippen LogP contribution in [0.3, 0.4) is 0 Å². The number of hydrogen-bond donors (Lipinski definition) is 0. The van der Waals surface area contributed by atoms with Gasteiger partial charge >= 0.3 is 5.97 Å². The highest BCUT2D eigenvalue weighted by molar-refractivity contribution is 7.13. The van der Waals surface area contributed by atoms with E-state index >= 15 is 0 Å². The molecule has 0 fully saturated rings. The maximum atomic E-state index is 11.6. The van der Waals surface area contributed by atoms with Gasteiger partial charge in [0.25, 0.3) is 0 Å². The molecule has 0 aliphatic heterocycles. The number of hydrogen-bond acceptors (Lipinski definition) is 5. The molecule has 16 heavy (non-hydrogen) atoms. The first-order valence-corrected chi connectivity index (χ1v) is 5.55. The number of carbonyl (C=O) groups is 1. The fourth-order valence-corrected chi connectivity index (χ4v) is 1.99. The molecule has 0 amide bonds. The summed E-state index contributed by atoms with van der Waals surface area (Å²) in [5.41, 5.74) is 1.95. The highest BCUT2D eigenvalue weighted by Crippen LogP contribution is 2.24. The first-order chi connectivity index (χ1) is 7.72. The van der Waals surface area contributed by atoms with Gasteiger partial charge in [0.1, 0.15) is 10.7 Å². The zero-order valence-corrected chi connectivity index (χ0v) is 9.75. The molecule has 0 unspecified atom stereocenters. The maximum absolute atomic E-state index is 11.6. The Kier molecular flexibility index (Phi) is 2.96. The molecule has 0 atom stereocenters. The molecule has 0 bridgehead atoms. The van der Waals surface area contributed by atoms with Crippen LogP contribution in [0.2, 0.25) is 0 Å². The van der Waals surface area contributed by atoms with E-state index in [1.165, 1.54) is 18.4 Å². The second kappa shape index (κ2) is 4.40. The van der Waals surface area contributed by atoms with Gasteiger partial charge in [-0.3, -0.25) is 4.98 Å². The SMILES string of the molecule is COC(=O)c1cc(C)cnc1-c1nccs1. The van der Waals surface area contributed by atoms with Crippen molar-refractivity contribution in [2.45, 2.75) is 6.92 Å². The maximum Gasteiger partial charge on any atom is 0.340 e. The molecule has 0 N–H and O–H groups in total. The van der Waals surface area contributed by atoms with Crippen molar-refractivity contribution < 1.29 is 9.53 Å². The lowest BCUT2D eigenvalue weighted by Crippen LogP contribution is -2.05. The van der Waals surface area contributed by atoms with Gasteiger partial charge in [0.2, 0.25) is 0 Å². The third kappa shape index (κ3) is 1.94. The van der Waals surface area contributed by atoms with Crippen molar-refractivity contribution in [1.29, 1.82) is 0 Å². The van der Waals surface area contributed by atoms with E-state index in [4.69, 9.17) is 4.74 Å². The molecule has 2 aromatic rings. The van der Waals surface area contributed by atoms with Crippen LogP contribution in [0.25, 0.3) is 10.7 Å². The molecule has 5 heteroatoms. The van der Waals surface area contributed by atoms with Crippen LogP contribution >= 0.6 is 11.3 Å². The van der Waals surface area contributed by atoms with E-state index in [0.717, 1.165) is 10.6 Å². The summed E-state index contributed by atoms with van der Waals surface area (Å²) in [5.74, 6) is -0.388. The Hall–Kier alpha value is -1.75. The van der Waals surface area contributed by atoms with Crippen LogP contribution < -0.4 is 0 Å². The summed E-state index contributed by atoms with van der Waals surface area (Å²) in [5, 5.41) is 2.57. The van der Waals surface area contributed by atoms with E-state index in [1.54, 1.807) is 18.5 Å². The molecular formula is C11H10N2O2S. The summed E-state index contributed by atoms with van der Waals surface area (Å²) in [4.78, 5) is 20.0. The molecule has 0 aliphatic carbocycles. The molecule has 2 aromatic heterocycles. The Balaban J connectivity index is 2.57. The van der Waals surface area contributed by atoms with Gasteiger partial charge in [0.05, 0.1) is 12.7 Å². The molecule has 0 aliphatic rings. The quantitative estimate of drug-likeness (QED) is 0.748. The number of rotatable bonds is 2. The summed E-state index contributed by atoms with van der Waals surface area (Å²) < 4.78 is 4.73. The molecule has 0 aromatic carbocycles. The van der Waals surface area contributed by atoms with E-state index in [2.05, 4.69) is 9.97 Å². The van der Waals surface area contributed by atoms with Gasteiger partial charge in [0, 0.05) is 17.8 Å². The minimum atomic E-state index is -0.388. The molecule has 4 nitrogen and oxygen atoms in total. The van der Waals surface area contributed by atoms with Crippen molar-refractivity contribution in [1.82, 2.24) is 9.97 Å². The molecule has 82 valence electrons. The Morgan fingerprint density at radius 3 is 2.88 bits per heavy atom. The number of carbonyl (C=O) groups excluding carboxylic acids is 1. The van der Waals surface area contributed by atoms with Crippen molar-refractivity contribution in [2.75, 3.05) is 7.11 Å². The van der Waals surface area contributed by atoms with Crippen LogP contribution in [0.4, 0.5) is 0 Å². The Morgan fingerprint density at radius 1 is 1.44 bits per heavy atom. The van der Waals surface area contributed by atoms with Gasteiger partial charge in [-0.25, -0.2) is 9.78 Å². The lowest BCUT2D eigenvalue weighted by molar-refractivity contribution is 0.0601. The summed E-state index contributed by atoms with van der Waals surface area (Å²) >= 11 is 1.44. The minimum Gasteiger partial charge on any atom is -0.465 e. The fraction of sp³-hybridized carbons (Fsp3) is 0.182. The van der Waals surface area contributed by atoms with E-state index in [0.29, 0.717) is 11.3 Å². The van der Waals surface area contributed by atoms with Gasteiger partial charge in [-0.2, -0.15) is 0 Å². The molecule has 2 heterocycles. The standard InChI is InChI=1S/C11H10N2O2S/c1-7-5-8(11(14)15-2)9(13-6-7)10-12-3-4-16-10/h3-6H,1-2H3. The monoisotopic (exact) mass is 234 g/mol. The number of aromatic nitrogens is 2. The largest absolute Gasteiger partial charge is 0.465 e. The van der Waals surface area contributed by atoms with E-state index < -0.39 is 0 Å². The third-order valence-electron chi connectivity index (χ3n) is 2.06. The van der Waals surface area contributed by atoms with E-state index in [1.807, 2.05) is 12.3 Å². The number of nitrogens with zero attached hydrogens (tertiary/aromatic N) is 2. The average molecular weight is 234 g/mol. The number of methoxy groups -OCH3 is 1. The first-order valence-electron chi connectivity index (χ1n) is 4.67. The number of pyridine rings is 1. The van der Waals surface area contributed by atoms with Crippen molar-refractivity contribution in [3.63, 3.8) is 0 Å². The predicted octanol–water partition coefficient (Wildman–Crippen LogP) is 2.30. The summed E-state index contributed by atoms with van der Waals surface area (Å²) in [6.45, 7) is 1.88. The Morgan fingerprint density at radius 2 is 2.25 bits per heavy atom. The first kappa shape index (κ1) is 10.8. The zero-order valence-electron chi connectivity index (χ0n) is 8.93. The van der Waals surface area contributed by atoms with Crippen LogP contribution in [0.5, 0.6) is 0 Å². The topological polar surface area (TPSA) is 52.1 Å². The van der Waals surface area contributed by atoms with E-state index in [9.17, 15) is 4.79 Å². The number of ether oxygens (including phenoxy) is 1. The van der Waals surface area contributed by atoms with Crippen LogP contribution in [0.15, 0.2) is 23.8 Å². The van der Waals surface area contributed by atoms with Gasteiger partial charge in [-0.15, -0.1) is 11.3 Å². The molecule has 0 radical (unpaired) electrons. The van der Waals surface area contributed by atoms with Crippen molar-refractivity contribution >= 4 is 17.3 Å². The summed E-state index contributed by atoms with van der Waals surface area (Å²) in [6, 6.07) is 1.76. The third-order valence-corrected chi connectivity index (χ3v) is 2.84. The minimum absolute atomic E-state index is 0.388. The van der Waals surface area contributed by atoms with Crippen LogP contribution in [-0.2, 0) is 4.74 Å². The Bertz CT molecular complexity index is 509. The summed E-state index contributed by atoms with van der Waals surface area (Å²) in [7, 11) is 1.36. The smallest absolute Gasteiger partial charge is 0.340 e. The second-order valence-corrected chi connectivity index (χ2v) is 4.13. The lowest BCUT2D eigenvalue weighted by atomic mass is 10.1. The highest BCUT2D eigenvalue weighted by atomic mass is 32.1. The van der Waals surface area contributed by atoms with Crippen LogP contribution in [0.1, 0.15) is 15.9 Å². The van der Waals surface area contributed by atoms with Gasteiger partial charge in [-0.1, -0.05) is 0 Å². The van der Waals surface area contributed by atoms with Crippen molar-refractivity contribution in [3.8, 4) is 10.7 Å². The molecule has 0 saturated heterocycles. The number of aryl methyl sites for hydroxylation is 1. The van der Waals surface area contributed by atoms with Crippen molar-refractivity contribution in [3.05, 3.63) is 35.0 Å². The van der Waals surface area contributed by atoms with Crippen LogP contribution in [0, 0.1) is 6.92 Å². The zero-order chi connectivity index (χ0) is 11.5. The van der Waals surface area contributed by atoms with Crippen molar-refractivity contribution in [2.24, 2.45) is 0 Å². The number of thiazole rings is 1. The molecule has 0 saturated carbocycles. The summed E-state index contributed by atoms with van der Waals surface area (Å²) in [6.07, 6.45) is 3.39. The molecule has 0 spiro atoms. The lowest BCUT2D eigenvalue weighted by Gasteiger charge is -2.05. The molecular weight excluding hydrogens is 224 g/mol. The predicted molar refractivity (Wildman–Crippen MR) is 61.4 cm³/mol. The second-order valence-electron chi connectivity index (χ2n) is 3.24. The number of esters is 1. The average Bonchev–Trinajstić information content (AvgIpc) is 2.81. The Labute approximate surface area is 96.9 Å². The fourth-order valence-electron chi connectivity index (χ4n) is 1.35. The van der Waals surface area contributed by atoms with Crippen LogP contribution in [-0.4, -0.2) is 23.0 Å². The van der Waals surface area contributed by atoms with E-state index in [-0.39, 0.29) is 5.97 Å². The molecule has 2 rings (SSSR count). The van der Waals surface area contributed by atoms with Gasteiger partial charge < -0.3 is 4.74 Å².